The van der Waals surface area contributed by atoms with E-state index in [9.17, 15) is 9.59 Å². The van der Waals surface area contributed by atoms with E-state index in [0.29, 0.717) is 17.1 Å². The third-order valence-corrected chi connectivity index (χ3v) is 4.88. The molecular formula is C19H20N4O2S. The van der Waals surface area contributed by atoms with Crippen LogP contribution in [0.25, 0.3) is 11.0 Å². The summed E-state index contributed by atoms with van der Waals surface area (Å²) in [5, 5.41) is 5.61. The van der Waals surface area contributed by atoms with Gasteiger partial charge < -0.3 is 15.6 Å². The van der Waals surface area contributed by atoms with Gasteiger partial charge in [0.2, 0.25) is 11.8 Å². The van der Waals surface area contributed by atoms with Crippen molar-refractivity contribution in [2.45, 2.75) is 19.1 Å². The van der Waals surface area contributed by atoms with Crippen molar-refractivity contribution in [1.82, 2.24) is 9.97 Å². The van der Waals surface area contributed by atoms with Crippen LogP contribution in [0.2, 0.25) is 0 Å². The number of fused-ring (bicyclic) bond motifs is 1. The highest BCUT2D eigenvalue weighted by molar-refractivity contribution is 8.00. The molecule has 2 amide bonds. The molecule has 0 aliphatic rings. The highest BCUT2D eigenvalue weighted by atomic mass is 32.2. The Morgan fingerprint density at radius 1 is 1.12 bits per heavy atom. The van der Waals surface area contributed by atoms with E-state index in [1.54, 1.807) is 24.3 Å². The lowest BCUT2D eigenvalue weighted by Gasteiger charge is -2.10. The fourth-order valence-electron chi connectivity index (χ4n) is 2.52. The number of anilines is 2. The number of carbonyl (C=O) groups excluding carboxylic acids is 2. The van der Waals surface area contributed by atoms with Crippen LogP contribution in [0.4, 0.5) is 11.4 Å². The number of aromatic nitrogens is 2. The fourth-order valence-corrected chi connectivity index (χ4v) is 3.26. The van der Waals surface area contributed by atoms with E-state index in [1.807, 2.05) is 31.2 Å². The minimum absolute atomic E-state index is 0.0684. The van der Waals surface area contributed by atoms with E-state index >= 15 is 0 Å². The number of hydrogen-bond donors (Lipinski definition) is 3. The number of nitrogens with one attached hydrogen (secondary N) is 3. The van der Waals surface area contributed by atoms with Gasteiger partial charge in [-0.25, -0.2) is 4.98 Å². The molecule has 3 rings (SSSR count). The topological polar surface area (TPSA) is 86.9 Å². The van der Waals surface area contributed by atoms with Crippen molar-refractivity contribution in [1.29, 1.82) is 0 Å². The number of thioether (sulfide) groups is 1. The number of hydrogen-bond acceptors (Lipinski definition) is 4. The van der Waals surface area contributed by atoms with Crippen LogP contribution >= 0.6 is 11.8 Å². The van der Waals surface area contributed by atoms with Gasteiger partial charge in [0.15, 0.2) is 0 Å². The maximum absolute atomic E-state index is 12.2. The first kappa shape index (κ1) is 18.0. The van der Waals surface area contributed by atoms with Gasteiger partial charge in [0.05, 0.1) is 22.0 Å². The Labute approximate surface area is 155 Å². The van der Waals surface area contributed by atoms with E-state index in [0.717, 1.165) is 16.9 Å². The van der Waals surface area contributed by atoms with Gasteiger partial charge in [-0.15, -0.1) is 11.8 Å². The number of H-pyrrole nitrogens is 1. The smallest absolute Gasteiger partial charge is 0.234 e. The summed E-state index contributed by atoms with van der Waals surface area (Å²) in [5.74, 6) is 0.918. The number of imidazole rings is 1. The maximum atomic E-state index is 12.2. The summed E-state index contributed by atoms with van der Waals surface area (Å²) in [4.78, 5) is 31.2. The second kappa shape index (κ2) is 8.05. The molecule has 0 saturated heterocycles. The Morgan fingerprint density at radius 2 is 1.85 bits per heavy atom. The summed E-state index contributed by atoms with van der Waals surface area (Å²) in [5.41, 5.74) is 3.22. The lowest BCUT2D eigenvalue weighted by molar-refractivity contribution is -0.114. The van der Waals surface area contributed by atoms with E-state index < -0.39 is 0 Å². The van der Waals surface area contributed by atoms with Crippen molar-refractivity contribution in [3.05, 3.63) is 54.4 Å². The van der Waals surface area contributed by atoms with Gasteiger partial charge in [-0.05, 0) is 37.3 Å². The van der Waals surface area contributed by atoms with E-state index in [1.165, 1.54) is 18.7 Å². The van der Waals surface area contributed by atoms with Crippen LogP contribution in [0.3, 0.4) is 0 Å². The van der Waals surface area contributed by atoms with Crippen LogP contribution in [0.1, 0.15) is 24.9 Å². The van der Waals surface area contributed by atoms with Gasteiger partial charge in [-0.3, -0.25) is 9.59 Å². The lowest BCUT2D eigenvalue weighted by Crippen LogP contribution is -2.15. The molecule has 1 unspecified atom stereocenters. The Bertz CT molecular complexity index is 905. The van der Waals surface area contributed by atoms with Crippen LogP contribution in [0.15, 0.2) is 48.5 Å². The van der Waals surface area contributed by atoms with Gasteiger partial charge in [-0.2, -0.15) is 0 Å². The lowest BCUT2D eigenvalue weighted by atomic mass is 10.2. The summed E-state index contributed by atoms with van der Waals surface area (Å²) in [6.45, 7) is 3.47. The molecule has 3 N–H and O–H groups in total. The van der Waals surface area contributed by atoms with Crippen molar-refractivity contribution in [3.63, 3.8) is 0 Å². The Morgan fingerprint density at radius 3 is 2.58 bits per heavy atom. The van der Waals surface area contributed by atoms with Crippen molar-refractivity contribution in [3.8, 4) is 0 Å². The van der Waals surface area contributed by atoms with Crippen molar-refractivity contribution < 1.29 is 9.59 Å². The number of rotatable bonds is 6. The van der Waals surface area contributed by atoms with Gasteiger partial charge in [0, 0.05) is 18.3 Å². The van der Waals surface area contributed by atoms with Crippen LogP contribution in [-0.2, 0) is 9.59 Å². The van der Waals surface area contributed by atoms with Crippen molar-refractivity contribution >= 4 is 46.0 Å². The molecule has 0 radical (unpaired) electrons. The zero-order chi connectivity index (χ0) is 18.5. The summed E-state index contributed by atoms with van der Waals surface area (Å²) in [6.07, 6.45) is 0. The SMILES string of the molecule is CC(=O)Nc1cccc(NC(=O)CSC(C)c2nc3ccccc3[nH]2)c1. The quantitative estimate of drug-likeness (QED) is 0.615. The summed E-state index contributed by atoms with van der Waals surface area (Å²) >= 11 is 1.51. The highest BCUT2D eigenvalue weighted by Gasteiger charge is 2.13. The molecule has 0 bridgehead atoms. The molecule has 0 spiro atoms. The average Bonchev–Trinajstić information content (AvgIpc) is 3.03. The molecule has 0 aliphatic carbocycles. The van der Waals surface area contributed by atoms with E-state index in [4.69, 9.17) is 0 Å². The Hall–Kier alpha value is -2.80. The van der Waals surface area contributed by atoms with Crippen molar-refractivity contribution in [2.75, 3.05) is 16.4 Å². The zero-order valence-corrected chi connectivity index (χ0v) is 15.4. The maximum Gasteiger partial charge on any atom is 0.234 e. The van der Waals surface area contributed by atoms with Gasteiger partial charge >= 0.3 is 0 Å². The fraction of sp³-hybridized carbons (Fsp3) is 0.211. The first-order valence-corrected chi connectivity index (χ1v) is 9.30. The van der Waals surface area contributed by atoms with Gasteiger partial charge in [0.1, 0.15) is 5.82 Å². The molecule has 26 heavy (non-hydrogen) atoms. The number of carbonyl (C=O) groups is 2. The van der Waals surface area contributed by atoms with Crippen LogP contribution < -0.4 is 10.6 Å². The molecule has 6 nitrogen and oxygen atoms in total. The van der Waals surface area contributed by atoms with E-state index in [-0.39, 0.29) is 17.1 Å². The van der Waals surface area contributed by atoms with Crippen LogP contribution in [-0.4, -0.2) is 27.5 Å². The second-order valence-electron chi connectivity index (χ2n) is 5.90. The standard InChI is InChI=1S/C19H20N4O2S/c1-12(19-22-16-8-3-4-9-17(16)23-19)26-11-18(25)21-15-7-5-6-14(10-15)20-13(2)24/h3-10,12H,11H2,1-2H3,(H,20,24)(H,21,25)(H,22,23). The van der Waals surface area contributed by atoms with E-state index in [2.05, 4.69) is 20.6 Å². The second-order valence-corrected chi connectivity index (χ2v) is 7.23. The van der Waals surface area contributed by atoms with Crippen molar-refractivity contribution in [2.24, 2.45) is 0 Å². The molecule has 0 fully saturated rings. The molecule has 1 heterocycles. The average molecular weight is 368 g/mol. The molecule has 134 valence electrons. The number of benzene rings is 2. The number of amides is 2. The predicted octanol–water partition coefficient (Wildman–Crippen LogP) is 3.95. The summed E-state index contributed by atoms with van der Waals surface area (Å²) in [6, 6.07) is 14.9. The molecule has 1 atom stereocenters. The summed E-state index contributed by atoms with van der Waals surface area (Å²) in [7, 11) is 0. The highest BCUT2D eigenvalue weighted by Crippen LogP contribution is 2.27. The largest absolute Gasteiger partial charge is 0.341 e. The minimum Gasteiger partial charge on any atom is -0.341 e. The Kier molecular flexibility index (Phi) is 5.58. The number of para-hydroxylation sites is 2. The summed E-state index contributed by atoms with van der Waals surface area (Å²) < 4.78 is 0. The third-order valence-electron chi connectivity index (χ3n) is 3.72. The molecule has 2 aromatic carbocycles. The molecule has 0 aliphatic heterocycles. The number of aromatic amines is 1. The first-order valence-electron chi connectivity index (χ1n) is 8.25. The van der Waals surface area contributed by atoms with Gasteiger partial charge in [0.25, 0.3) is 0 Å². The van der Waals surface area contributed by atoms with Crippen LogP contribution in [0, 0.1) is 0 Å². The normalized spacial score (nSPS) is 11.9. The third kappa shape index (κ3) is 4.64. The number of nitrogens with zero attached hydrogens (tertiary/aromatic N) is 1. The Balaban J connectivity index is 1.55. The minimum atomic E-state index is -0.149. The molecular weight excluding hydrogens is 348 g/mol. The molecule has 3 aromatic rings. The molecule has 7 heteroatoms. The predicted molar refractivity (Wildman–Crippen MR) is 106 cm³/mol. The first-order chi connectivity index (χ1) is 12.5. The zero-order valence-electron chi connectivity index (χ0n) is 14.6. The monoisotopic (exact) mass is 368 g/mol. The molecule has 0 saturated carbocycles. The van der Waals surface area contributed by atoms with Gasteiger partial charge in [-0.1, -0.05) is 18.2 Å². The molecule has 1 aromatic heterocycles. The van der Waals surface area contributed by atoms with Crippen LogP contribution in [0.5, 0.6) is 0 Å².